The number of hydrogen-bond donors (Lipinski definition) is 0. The van der Waals surface area contributed by atoms with Crippen LogP contribution >= 0.6 is 0 Å². The minimum Gasteiger partial charge on any atom is -0.252 e. The summed E-state index contributed by atoms with van der Waals surface area (Å²) < 4.78 is 0. The number of aliphatic imine (C=N–C) groups is 2. The second-order valence-electron chi connectivity index (χ2n) is 8.47. The number of rotatable bonds is 14. The molecular weight excluding hydrogens is 483 g/mol. The first-order chi connectivity index (χ1) is 15.2. The first-order valence-corrected chi connectivity index (χ1v) is 12.5. The van der Waals surface area contributed by atoms with E-state index in [1.165, 1.54) is 61.1 Å². The molecule has 32 heavy (non-hydrogen) atoms. The number of para-hydroxylation sites is 1. The Bertz CT molecular complexity index is 824. The van der Waals surface area contributed by atoms with Gasteiger partial charge in [-0.3, -0.25) is 9.98 Å². The maximum Gasteiger partial charge on any atom is 0.0636 e. The Morgan fingerprint density at radius 3 is 1.81 bits per heavy atom. The molecule has 0 fully saturated rings. The van der Waals surface area contributed by atoms with Gasteiger partial charge in [-0.15, -0.1) is 0 Å². The molecule has 2 nitrogen and oxygen atoms in total. The van der Waals surface area contributed by atoms with E-state index < -0.39 is 0 Å². The van der Waals surface area contributed by atoms with Gasteiger partial charge in [0.05, 0.1) is 22.8 Å². The van der Waals surface area contributed by atoms with Crippen LogP contribution in [0.1, 0.15) is 96.6 Å². The van der Waals surface area contributed by atoms with E-state index >= 15 is 0 Å². The van der Waals surface area contributed by atoms with Crippen LogP contribution in [0.4, 0.5) is 11.4 Å². The fraction of sp³-hybridized carbons (Fsp3) is 0.517. The number of hydrogen-bond acceptors (Lipinski definition) is 2. The molecule has 0 aliphatic rings. The normalized spacial score (nSPS) is 12.0. The molecule has 0 saturated heterocycles. The fourth-order valence-corrected chi connectivity index (χ4v) is 3.93. The van der Waals surface area contributed by atoms with E-state index in [1.54, 1.807) is 0 Å². The van der Waals surface area contributed by atoms with Crippen molar-refractivity contribution in [3.63, 3.8) is 0 Å². The van der Waals surface area contributed by atoms with Gasteiger partial charge in [0.1, 0.15) is 0 Å². The molecule has 2 aromatic carbocycles. The molecule has 0 aromatic heterocycles. The van der Waals surface area contributed by atoms with Gasteiger partial charge in [0.15, 0.2) is 0 Å². The minimum absolute atomic E-state index is 0. The molecule has 0 aliphatic heterocycles. The van der Waals surface area contributed by atoms with Crippen molar-refractivity contribution in [2.45, 2.75) is 98.3 Å². The molecule has 0 N–H and O–H groups in total. The van der Waals surface area contributed by atoms with E-state index in [2.05, 4.69) is 76.2 Å². The van der Waals surface area contributed by atoms with Crippen LogP contribution in [0.5, 0.6) is 0 Å². The van der Waals surface area contributed by atoms with Gasteiger partial charge >= 0.3 is 0 Å². The number of unbranched alkanes of at least 4 members (excludes halogenated alkanes) is 3. The Balaban J connectivity index is 0.00000512. The molecule has 0 aliphatic carbocycles. The third-order valence-electron chi connectivity index (χ3n) is 5.63. The van der Waals surface area contributed by atoms with E-state index in [0.29, 0.717) is 0 Å². The van der Waals surface area contributed by atoms with Crippen LogP contribution < -0.4 is 0 Å². The van der Waals surface area contributed by atoms with Crippen LogP contribution in [0.25, 0.3) is 0 Å². The van der Waals surface area contributed by atoms with Crippen LogP contribution in [0.2, 0.25) is 0 Å². The van der Waals surface area contributed by atoms with Gasteiger partial charge in [0, 0.05) is 20.4 Å². The van der Waals surface area contributed by atoms with Crippen LogP contribution in [0, 0.1) is 0 Å². The summed E-state index contributed by atoms with van der Waals surface area (Å²) >= 11 is 0. The zero-order chi connectivity index (χ0) is 22.3. The average molecular weight is 525 g/mol. The predicted molar refractivity (Wildman–Crippen MR) is 139 cm³/mol. The van der Waals surface area contributed by atoms with Crippen molar-refractivity contribution in [3.05, 3.63) is 59.7 Å². The summed E-state index contributed by atoms with van der Waals surface area (Å²) in [5, 5.41) is 0. The van der Waals surface area contributed by atoms with E-state index in [4.69, 9.17) is 9.98 Å². The molecule has 2 rings (SSSR count). The van der Waals surface area contributed by atoms with E-state index in [0.717, 1.165) is 43.5 Å². The van der Waals surface area contributed by atoms with Gasteiger partial charge < -0.3 is 0 Å². The predicted octanol–water partition coefficient (Wildman–Crippen LogP) is 9.20. The molecule has 0 heterocycles. The van der Waals surface area contributed by atoms with Crippen LogP contribution in [-0.4, -0.2) is 11.4 Å². The molecule has 0 radical (unpaired) electrons. The monoisotopic (exact) mass is 524 g/mol. The SMILES string of the molecule is CCCCCC(=Nc1ccccc1)C(CCCC)=Nc1ccc(CCC)c(CCC)c1.[Pd]. The number of nitrogens with zero attached hydrogens (tertiary/aromatic N) is 2. The zero-order valence-corrected chi connectivity index (χ0v) is 22.2. The molecule has 3 heteroatoms. The van der Waals surface area contributed by atoms with Crippen molar-refractivity contribution >= 4 is 22.8 Å². The van der Waals surface area contributed by atoms with E-state index in [-0.39, 0.29) is 20.4 Å². The first kappa shape index (κ1) is 28.5. The van der Waals surface area contributed by atoms with Crippen molar-refractivity contribution in [1.29, 1.82) is 0 Å². The van der Waals surface area contributed by atoms with Crippen molar-refractivity contribution < 1.29 is 20.4 Å². The van der Waals surface area contributed by atoms with Crippen molar-refractivity contribution in [3.8, 4) is 0 Å². The molecule has 0 amide bonds. The molecular formula is C29H42N2Pd. The summed E-state index contributed by atoms with van der Waals surface area (Å²) in [5.74, 6) is 0. The summed E-state index contributed by atoms with van der Waals surface area (Å²) in [6.07, 6.45) is 12.6. The third-order valence-corrected chi connectivity index (χ3v) is 5.63. The van der Waals surface area contributed by atoms with Gasteiger partial charge in [-0.25, -0.2) is 0 Å². The average Bonchev–Trinajstić information content (AvgIpc) is 2.79. The van der Waals surface area contributed by atoms with Gasteiger partial charge in [-0.1, -0.05) is 84.1 Å². The Hall–Kier alpha value is -1.56. The Kier molecular flexibility index (Phi) is 15.1. The second kappa shape index (κ2) is 17.0. The molecule has 178 valence electrons. The maximum atomic E-state index is 5.20. The summed E-state index contributed by atoms with van der Waals surface area (Å²) in [4.78, 5) is 10.3. The van der Waals surface area contributed by atoms with Gasteiger partial charge in [-0.05, 0) is 73.9 Å². The summed E-state index contributed by atoms with van der Waals surface area (Å²) in [7, 11) is 0. The summed E-state index contributed by atoms with van der Waals surface area (Å²) in [5.41, 5.74) is 7.41. The van der Waals surface area contributed by atoms with Gasteiger partial charge in [0.2, 0.25) is 0 Å². The number of benzene rings is 2. The van der Waals surface area contributed by atoms with Gasteiger partial charge in [0.25, 0.3) is 0 Å². The van der Waals surface area contributed by atoms with E-state index in [9.17, 15) is 0 Å². The first-order valence-electron chi connectivity index (χ1n) is 12.5. The Morgan fingerprint density at radius 1 is 0.594 bits per heavy atom. The summed E-state index contributed by atoms with van der Waals surface area (Å²) in [6, 6.07) is 17.2. The quantitative estimate of drug-likeness (QED) is 0.134. The van der Waals surface area contributed by atoms with E-state index in [1.807, 2.05) is 0 Å². The molecule has 0 spiro atoms. The third kappa shape index (κ3) is 9.93. The van der Waals surface area contributed by atoms with Crippen LogP contribution in [0.15, 0.2) is 58.5 Å². The van der Waals surface area contributed by atoms with Crippen molar-refractivity contribution in [2.24, 2.45) is 9.98 Å². The van der Waals surface area contributed by atoms with Crippen molar-refractivity contribution in [1.82, 2.24) is 0 Å². The standard InChI is InChI=1S/C29H42N2.Pd/c1-5-9-12-20-29(30-26-17-13-11-14-18-26)28(19-10-6-2)31-27-22-21-24(15-7-3)25(23-27)16-8-4;/h11,13-14,17-18,21-23H,5-10,12,15-16,19-20H2,1-4H3;. The maximum absolute atomic E-state index is 5.20. The fourth-order valence-electron chi connectivity index (χ4n) is 3.93. The van der Waals surface area contributed by atoms with Crippen LogP contribution in [0.3, 0.4) is 0 Å². The minimum atomic E-state index is 0. The zero-order valence-electron chi connectivity index (χ0n) is 20.6. The largest absolute Gasteiger partial charge is 0.252 e. The number of aryl methyl sites for hydroxylation is 2. The molecule has 0 bridgehead atoms. The van der Waals surface area contributed by atoms with Crippen LogP contribution in [-0.2, 0) is 33.3 Å². The molecule has 0 unspecified atom stereocenters. The smallest absolute Gasteiger partial charge is 0.0636 e. The molecule has 0 atom stereocenters. The Morgan fingerprint density at radius 2 is 1.19 bits per heavy atom. The Labute approximate surface area is 210 Å². The summed E-state index contributed by atoms with van der Waals surface area (Å²) in [6.45, 7) is 9.03. The van der Waals surface area contributed by atoms with Gasteiger partial charge in [-0.2, -0.15) is 0 Å². The van der Waals surface area contributed by atoms with Crippen molar-refractivity contribution in [2.75, 3.05) is 0 Å². The molecule has 2 aromatic rings. The second-order valence-corrected chi connectivity index (χ2v) is 8.47. The topological polar surface area (TPSA) is 24.7 Å². The molecule has 0 saturated carbocycles.